The summed E-state index contributed by atoms with van der Waals surface area (Å²) in [6.45, 7) is 11.8. The summed E-state index contributed by atoms with van der Waals surface area (Å²) in [5.74, 6) is -0.573. The Labute approximate surface area is 159 Å². The summed E-state index contributed by atoms with van der Waals surface area (Å²) in [5, 5.41) is 3.52. The number of ether oxygens (including phenoxy) is 2. The van der Waals surface area contributed by atoms with Crippen molar-refractivity contribution in [2.45, 2.75) is 84.8 Å². The van der Waals surface area contributed by atoms with Gasteiger partial charge in [-0.3, -0.25) is 4.79 Å². The van der Waals surface area contributed by atoms with Crippen LogP contribution < -0.4 is 5.32 Å². The van der Waals surface area contributed by atoms with Crippen LogP contribution in [0.25, 0.3) is 0 Å². The Bertz CT molecular complexity index is 434. The molecule has 1 rings (SSSR count). The van der Waals surface area contributed by atoms with Crippen LogP contribution in [0, 0.1) is 5.92 Å². The lowest BCUT2D eigenvalue weighted by atomic mass is 9.92. The first-order chi connectivity index (χ1) is 12.3. The second-order valence-corrected chi connectivity index (χ2v) is 8.05. The van der Waals surface area contributed by atoms with E-state index in [9.17, 15) is 9.59 Å². The molecule has 1 saturated heterocycles. The van der Waals surface area contributed by atoms with Crippen molar-refractivity contribution < 1.29 is 19.1 Å². The summed E-state index contributed by atoms with van der Waals surface area (Å²) < 4.78 is 10.7. The van der Waals surface area contributed by atoms with Gasteiger partial charge in [0.15, 0.2) is 0 Å². The predicted octanol–water partition coefficient (Wildman–Crippen LogP) is 3.74. The highest BCUT2D eigenvalue weighted by atomic mass is 16.6. The fourth-order valence-corrected chi connectivity index (χ4v) is 3.19. The van der Waals surface area contributed by atoms with Gasteiger partial charge in [0.1, 0.15) is 5.60 Å². The molecule has 6 heteroatoms. The Hall–Kier alpha value is -1.30. The number of carbonyl (C=O) groups excluding carboxylic acids is 2. The Morgan fingerprint density at radius 2 is 1.81 bits per heavy atom. The molecule has 0 aromatic carbocycles. The highest BCUT2D eigenvalue weighted by molar-refractivity contribution is 5.75. The molecule has 1 N–H and O–H groups in total. The number of carbonyl (C=O) groups is 2. The van der Waals surface area contributed by atoms with Crippen molar-refractivity contribution in [3.63, 3.8) is 0 Å². The average molecular weight is 371 g/mol. The highest BCUT2D eigenvalue weighted by Gasteiger charge is 2.38. The summed E-state index contributed by atoms with van der Waals surface area (Å²) in [6.07, 6.45) is 6.48. The fourth-order valence-electron chi connectivity index (χ4n) is 3.19. The smallest absolute Gasteiger partial charge is 0.410 e. The number of hydrogen-bond donors (Lipinski definition) is 1. The van der Waals surface area contributed by atoms with Crippen molar-refractivity contribution in [3.8, 4) is 0 Å². The quantitative estimate of drug-likeness (QED) is 0.495. The lowest BCUT2D eigenvalue weighted by Crippen LogP contribution is -2.54. The van der Waals surface area contributed by atoms with Gasteiger partial charge in [0.2, 0.25) is 0 Å². The molecular formula is C20H38N2O4. The topological polar surface area (TPSA) is 67.9 Å². The first kappa shape index (κ1) is 22.7. The molecule has 0 radical (unpaired) electrons. The minimum Gasteiger partial charge on any atom is -0.466 e. The van der Waals surface area contributed by atoms with Crippen molar-refractivity contribution in [2.24, 2.45) is 5.92 Å². The monoisotopic (exact) mass is 370 g/mol. The van der Waals surface area contributed by atoms with Crippen molar-refractivity contribution >= 4 is 12.1 Å². The maximum atomic E-state index is 12.4. The standard InChI is InChI=1S/C20H38N2O4/c1-6-8-9-10-11-13-21-17-12-14-22(19(24)26-20(3,4)5)15-16(17)18(23)25-7-2/h16-17,21H,6-15H2,1-5H3. The number of hydrogen-bond acceptors (Lipinski definition) is 5. The average Bonchev–Trinajstić information content (AvgIpc) is 2.56. The number of nitrogens with zero attached hydrogens (tertiary/aromatic N) is 1. The second kappa shape index (κ2) is 11.4. The van der Waals surface area contributed by atoms with Gasteiger partial charge in [-0.15, -0.1) is 0 Å². The molecule has 2 atom stereocenters. The molecule has 0 saturated carbocycles. The highest BCUT2D eigenvalue weighted by Crippen LogP contribution is 2.21. The molecular weight excluding hydrogens is 332 g/mol. The summed E-state index contributed by atoms with van der Waals surface area (Å²) in [7, 11) is 0. The van der Waals surface area contributed by atoms with Crippen LogP contribution in [0.15, 0.2) is 0 Å². The van der Waals surface area contributed by atoms with Crippen LogP contribution in [0.5, 0.6) is 0 Å². The van der Waals surface area contributed by atoms with Crippen LogP contribution >= 0.6 is 0 Å². The van der Waals surface area contributed by atoms with E-state index in [2.05, 4.69) is 12.2 Å². The van der Waals surface area contributed by atoms with Crippen molar-refractivity contribution in [3.05, 3.63) is 0 Å². The molecule has 0 bridgehead atoms. The van der Waals surface area contributed by atoms with Crippen LogP contribution in [0.3, 0.4) is 0 Å². The van der Waals surface area contributed by atoms with Gasteiger partial charge in [-0.05, 0) is 47.1 Å². The zero-order valence-corrected chi connectivity index (χ0v) is 17.3. The van der Waals surface area contributed by atoms with Gasteiger partial charge in [-0.25, -0.2) is 4.79 Å². The number of amides is 1. The van der Waals surface area contributed by atoms with E-state index in [4.69, 9.17) is 9.47 Å². The zero-order valence-electron chi connectivity index (χ0n) is 17.3. The molecule has 152 valence electrons. The van der Waals surface area contributed by atoms with E-state index in [-0.39, 0.29) is 24.0 Å². The van der Waals surface area contributed by atoms with E-state index < -0.39 is 5.60 Å². The van der Waals surface area contributed by atoms with E-state index in [1.54, 1.807) is 4.90 Å². The fraction of sp³-hybridized carbons (Fsp3) is 0.900. The first-order valence-corrected chi connectivity index (χ1v) is 10.2. The third kappa shape index (κ3) is 8.39. The van der Waals surface area contributed by atoms with Crippen molar-refractivity contribution in [2.75, 3.05) is 26.2 Å². The molecule has 6 nitrogen and oxygen atoms in total. The van der Waals surface area contributed by atoms with Crippen molar-refractivity contribution in [1.29, 1.82) is 0 Å². The largest absolute Gasteiger partial charge is 0.466 e. The van der Waals surface area contributed by atoms with Gasteiger partial charge in [-0.2, -0.15) is 0 Å². The maximum absolute atomic E-state index is 12.4. The Balaban J connectivity index is 2.57. The summed E-state index contributed by atoms with van der Waals surface area (Å²) in [4.78, 5) is 26.4. The van der Waals surface area contributed by atoms with E-state index in [0.29, 0.717) is 19.7 Å². The first-order valence-electron chi connectivity index (χ1n) is 10.2. The molecule has 0 spiro atoms. The summed E-state index contributed by atoms with van der Waals surface area (Å²) >= 11 is 0. The van der Waals surface area contributed by atoms with E-state index in [1.165, 1.54) is 25.7 Å². The van der Waals surface area contributed by atoms with Crippen LogP contribution in [0.1, 0.15) is 73.1 Å². The molecule has 1 aliphatic heterocycles. The van der Waals surface area contributed by atoms with Crippen molar-refractivity contribution in [1.82, 2.24) is 10.2 Å². The number of rotatable bonds is 9. The van der Waals surface area contributed by atoms with Gasteiger partial charge in [0, 0.05) is 19.1 Å². The van der Waals surface area contributed by atoms with Gasteiger partial charge >= 0.3 is 12.1 Å². The molecule has 26 heavy (non-hydrogen) atoms. The minimum absolute atomic E-state index is 0.0545. The molecule has 0 aromatic heterocycles. The molecule has 0 aromatic rings. The van der Waals surface area contributed by atoms with Crippen LogP contribution in [0.4, 0.5) is 4.79 Å². The molecule has 1 amide bonds. The molecule has 1 aliphatic rings. The van der Waals surface area contributed by atoms with Gasteiger partial charge in [-0.1, -0.05) is 32.6 Å². The SMILES string of the molecule is CCCCCCCNC1CCN(C(=O)OC(C)(C)C)CC1C(=O)OCC. The lowest BCUT2D eigenvalue weighted by molar-refractivity contribution is -0.150. The number of likely N-dealkylation sites (tertiary alicyclic amines) is 1. The lowest BCUT2D eigenvalue weighted by Gasteiger charge is -2.38. The predicted molar refractivity (Wildman–Crippen MR) is 103 cm³/mol. The summed E-state index contributed by atoms with van der Waals surface area (Å²) in [6, 6.07) is 0.0545. The third-order valence-electron chi connectivity index (χ3n) is 4.54. The Kier molecular flexibility index (Phi) is 9.99. The van der Waals surface area contributed by atoms with Gasteiger partial charge < -0.3 is 19.7 Å². The Morgan fingerprint density at radius 1 is 1.12 bits per heavy atom. The van der Waals surface area contributed by atoms with Crippen LogP contribution in [-0.4, -0.2) is 54.8 Å². The number of piperidine rings is 1. The molecule has 2 unspecified atom stereocenters. The minimum atomic E-state index is -0.538. The van der Waals surface area contributed by atoms with Crippen LogP contribution in [-0.2, 0) is 14.3 Å². The maximum Gasteiger partial charge on any atom is 0.410 e. The van der Waals surface area contributed by atoms with E-state index >= 15 is 0 Å². The Morgan fingerprint density at radius 3 is 2.42 bits per heavy atom. The van der Waals surface area contributed by atoms with Gasteiger partial charge in [0.25, 0.3) is 0 Å². The van der Waals surface area contributed by atoms with Crippen LogP contribution in [0.2, 0.25) is 0 Å². The number of unbranched alkanes of at least 4 members (excludes halogenated alkanes) is 4. The van der Waals surface area contributed by atoms with E-state index in [1.807, 2.05) is 27.7 Å². The molecule has 1 fully saturated rings. The molecule has 0 aliphatic carbocycles. The summed E-state index contributed by atoms with van der Waals surface area (Å²) in [5.41, 5.74) is -0.538. The van der Waals surface area contributed by atoms with E-state index in [0.717, 1.165) is 19.4 Å². The normalized spacial score (nSPS) is 20.7. The second-order valence-electron chi connectivity index (χ2n) is 8.05. The zero-order chi connectivity index (χ0) is 19.6. The third-order valence-corrected chi connectivity index (χ3v) is 4.54. The van der Waals surface area contributed by atoms with Gasteiger partial charge in [0.05, 0.1) is 12.5 Å². The number of esters is 1. The molecule has 1 heterocycles. The number of nitrogens with one attached hydrogen (secondary N) is 1.